The van der Waals surface area contributed by atoms with E-state index >= 15 is 0 Å². The second-order valence-corrected chi connectivity index (χ2v) is 5.69. The molecule has 108 valence electrons. The van der Waals surface area contributed by atoms with E-state index in [0.29, 0.717) is 16.6 Å². The van der Waals surface area contributed by atoms with E-state index in [0.717, 1.165) is 17.5 Å². The third-order valence-corrected chi connectivity index (χ3v) is 4.27. The Morgan fingerprint density at radius 1 is 1.33 bits per heavy atom. The van der Waals surface area contributed by atoms with Crippen LogP contribution in [0.1, 0.15) is 27.9 Å². The Morgan fingerprint density at radius 2 is 2.14 bits per heavy atom. The molecule has 2 aromatic rings. The molecule has 3 rings (SSSR count). The zero-order valence-corrected chi connectivity index (χ0v) is 12.2. The number of aryl methyl sites for hydroxylation is 1. The number of carbonyl (C=O) groups is 1. The summed E-state index contributed by atoms with van der Waals surface area (Å²) in [7, 11) is 0. The minimum absolute atomic E-state index is 0.187. The molecule has 0 aliphatic heterocycles. The Hall–Kier alpha value is -1.98. The highest BCUT2D eigenvalue weighted by Gasteiger charge is 2.36. The highest BCUT2D eigenvalue weighted by atomic mass is 32.1. The summed E-state index contributed by atoms with van der Waals surface area (Å²) >= 11 is 5.09. The van der Waals surface area contributed by atoms with E-state index in [-0.39, 0.29) is 12.5 Å². The maximum absolute atomic E-state index is 12.2. The van der Waals surface area contributed by atoms with Crippen LogP contribution in [0.25, 0.3) is 0 Å². The van der Waals surface area contributed by atoms with Crippen LogP contribution in [0.15, 0.2) is 42.6 Å². The second kappa shape index (κ2) is 5.42. The number of rotatable bonds is 3. The van der Waals surface area contributed by atoms with Crippen molar-refractivity contribution in [3.05, 3.63) is 63.9 Å². The lowest BCUT2D eigenvalue weighted by Gasteiger charge is -2.24. The molecular weight excluding hydrogens is 284 g/mol. The fourth-order valence-corrected chi connectivity index (χ4v) is 3.00. The van der Waals surface area contributed by atoms with Gasteiger partial charge in [-0.3, -0.25) is 4.79 Å². The molecule has 1 aromatic carbocycles. The monoisotopic (exact) mass is 300 g/mol. The Bertz CT molecular complexity index is 741. The standard InChI is InChI=1S/C16H16N2O2S/c19-14(12-5-3-9-17-15(12)21)18-10-16(20)8-7-11-4-1-2-6-13(11)16/h1-6,9,20H,7-8,10H2,(H,17,21)(H,18,19)/t16-/m0/s1. The van der Waals surface area contributed by atoms with Gasteiger partial charge in [-0.15, -0.1) is 0 Å². The molecule has 1 heterocycles. The molecule has 0 radical (unpaired) electrons. The van der Waals surface area contributed by atoms with Gasteiger partial charge in [0, 0.05) is 6.20 Å². The molecule has 1 amide bonds. The van der Waals surface area contributed by atoms with Gasteiger partial charge in [0.15, 0.2) is 0 Å². The van der Waals surface area contributed by atoms with Crippen LogP contribution in [0, 0.1) is 4.64 Å². The second-order valence-electron chi connectivity index (χ2n) is 5.28. The zero-order chi connectivity index (χ0) is 14.9. The lowest BCUT2D eigenvalue weighted by atomic mass is 9.96. The van der Waals surface area contributed by atoms with Crippen molar-refractivity contribution in [2.24, 2.45) is 0 Å². The summed E-state index contributed by atoms with van der Waals surface area (Å²) in [5, 5.41) is 13.5. The molecule has 0 spiro atoms. The molecule has 0 fully saturated rings. The van der Waals surface area contributed by atoms with Crippen LogP contribution >= 0.6 is 12.2 Å². The van der Waals surface area contributed by atoms with E-state index in [1.165, 1.54) is 0 Å². The first-order valence-electron chi connectivity index (χ1n) is 6.87. The highest BCUT2D eigenvalue weighted by molar-refractivity contribution is 7.71. The Kier molecular flexibility index (Phi) is 3.61. The molecule has 0 saturated carbocycles. The number of aromatic amines is 1. The normalized spacial score (nSPS) is 20.0. The predicted molar refractivity (Wildman–Crippen MR) is 82.6 cm³/mol. The number of nitrogens with one attached hydrogen (secondary N) is 2. The number of fused-ring (bicyclic) bond motifs is 1. The van der Waals surface area contributed by atoms with Crippen molar-refractivity contribution in [2.45, 2.75) is 18.4 Å². The fourth-order valence-electron chi connectivity index (χ4n) is 2.77. The van der Waals surface area contributed by atoms with Gasteiger partial charge in [-0.05, 0) is 36.1 Å². The molecule has 5 heteroatoms. The average Bonchev–Trinajstić information content (AvgIpc) is 2.84. The first kappa shape index (κ1) is 14.0. The summed E-state index contributed by atoms with van der Waals surface area (Å²) in [4.78, 5) is 15.0. The molecule has 1 aliphatic carbocycles. The summed E-state index contributed by atoms with van der Waals surface area (Å²) < 4.78 is 0.397. The summed E-state index contributed by atoms with van der Waals surface area (Å²) in [5.41, 5.74) is 1.48. The van der Waals surface area contributed by atoms with Crippen molar-refractivity contribution in [1.29, 1.82) is 0 Å². The van der Waals surface area contributed by atoms with E-state index in [1.54, 1.807) is 18.3 Å². The molecule has 4 nitrogen and oxygen atoms in total. The number of benzene rings is 1. The third-order valence-electron chi connectivity index (χ3n) is 3.93. The summed E-state index contributed by atoms with van der Waals surface area (Å²) in [6.07, 6.45) is 3.13. The van der Waals surface area contributed by atoms with E-state index in [2.05, 4.69) is 10.3 Å². The minimum atomic E-state index is -0.994. The van der Waals surface area contributed by atoms with Gasteiger partial charge in [0.25, 0.3) is 5.91 Å². The van der Waals surface area contributed by atoms with Crippen LogP contribution in [0.2, 0.25) is 0 Å². The highest BCUT2D eigenvalue weighted by Crippen LogP contribution is 2.36. The van der Waals surface area contributed by atoms with Gasteiger partial charge < -0.3 is 15.4 Å². The van der Waals surface area contributed by atoms with Gasteiger partial charge in [0.1, 0.15) is 10.2 Å². The zero-order valence-electron chi connectivity index (χ0n) is 11.4. The van der Waals surface area contributed by atoms with E-state index in [4.69, 9.17) is 12.2 Å². The molecule has 0 saturated heterocycles. The van der Waals surface area contributed by atoms with Crippen molar-refractivity contribution in [2.75, 3.05) is 6.54 Å². The van der Waals surface area contributed by atoms with E-state index < -0.39 is 5.60 Å². The van der Waals surface area contributed by atoms with Crippen LogP contribution in [0.5, 0.6) is 0 Å². The lowest BCUT2D eigenvalue weighted by Crippen LogP contribution is -2.39. The van der Waals surface area contributed by atoms with Gasteiger partial charge in [-0.2, -0.15) is 0 Å². The van der Waals surface area contributed by atoms with Gasteiger partial charge in [-0.25, -0.2) is 0 Å². The number of hydrogen-bond acceptors (Lipinski definition) is 3. The number of aromatic nitrogens is 1. The maximum Gasteiger partial charge on any atom is 0.254 e. The average molecular weight is 300 g/mol. The predicted octanol–water partition coefficient (Wildman–Crippen LogP) is 2.31. The minimum Gasteiger partial charge on any atom is -0.383 e. The molecule has 1 aliphatic rings. The van der Waals surface area contributed by atoms with Gasteiger partial charge in [-0.1, -0.05) is 36.5 Å². The molecule has 0 bridgehead atoms. The molecule has 0 unspecified atom stereocenters. The van der Waals surface area contributed by atoms with Crippen molar-refractivity contribution in [3.63, 3.8) is 0 Å². The third kappa shape index (κ3) is 2.62. The Morgan fingerprint density at radius 3 is 2.95 bits per heavy atom. The first-order valence-corrected chi connectivity index (χ1v) is 7.28. The fraction of sp³-hybridized carbons (Fsp3) is 0.250. The molecular formula is C16H16N2O2S. The van der Waals surface area contributed by atoms with Crippen molar-refractivity contribution in [1.82, 2.24) is 10.3 Å². The quantitative estimate of drug-likeness (QED) is 0.762. The number of pyridine rings is 1. The van der Waals surface area contributed by atoms with E-state index in [9.17, 15) is 9.90 Å². The lowest BCUT2D eigenvalue weighted by molar-refractivity contribution is 0.0369. The van der Waals surface area contributed by atoms with Crippen LogP contribution in [0.4, 0.5) is 0 Å². The summed E-state index contributed by atoms with van der Waals surface area (Å²) in [5.74, 6) is -0.269. The molecule has 3 N–H and O–H groups in total. The van der Waals surface area contributed by atoms with Crippen LogP contribution in [-0.4, -0.2) is 22.5 Å². The van der Waals surface area contributed by atoms with Crippen molar-refractivity contribution >= 4 is 18.1 Å². The van der Waals surface area contributed by atoms with Crippen molar-refractivity contribution in [3.8, 4) is 0 Å². The molecule has 1 aromatic heterocycles. The Labute approximate surface area is 127 Å². The number of aliphatic hydroxyl groups is 1. The van der Waals surface area contributed by atoms with Gasteiger partial charge in [0.2, 0.25) is 0 Å². The smallest absolute Gasteiger partial charge is 0.254 e. The number of carbonyl (C=O) groups excluding carboxylic acids is 1. The van der Waals surface area contributed by atoms with Gasteiger partial charge >= 0.3 is 0 Å². The van der Waals surface area contributed by atoms with Crippen LogP contribution in [-0.2, 0) is 12.0 Å². The number of H-pyrrole nitrogens is 1. The van der Waals surface area contributed by atoms with Crippen LogP contribution in [0.3, 0.4) is 0 Å². The van der Waals surface area contributed by atoms with Gasteiger partial charge in [0.05, 0.1) is 12.1 Å². The number of hydrogen-bond donors (Lipinski definition) is 3. The first-order chi connectivity index (χ1) is 10.1. The number of amides is 1. The van der Waals surface area contributed by atoms with Crippen LogP contribution < -0.4 is 5.32 Å². The summed E-state index contributed by atoms with van der Waals surface area (Å²) in [6.45, 7) is 0.187. The SMILES string of the molecule is O=C(NC[C@@]1(O)CCc2ccccc21)c1ccc[nH]c1=S. The largest absolute Gasteiger partial charge is 0.383 e. The Balaban J connectivity index is 1.76. The van der Waals surface area contributed by atoms with E-state index in [1.807, 2.05) is 24.3 Å². The molecule has 1 atom stereocenters. The summed E-state index contributed by atoms with van der Waals surface area (Å²) in [6, 6.07) is 11.2. The maximum atomic E-state index is 12.2. The molecule has 21 heavy (non-hydrogen) atoms. The topological polar surface area (TPSA) is 65.1 Å². The van der Waals surface area contributed by atoms with Crippen molar-refractivity contribution < 1.29 is 9.90 Å².